The van der Waals surface area contributed by atoms with Gasteiger partial charge in [0, 0.05) is 17.8 Å². The summed E-state index contributed by atoms with van der Waals surface area (Å²) in [5.74, 6) is 0.0800. The van der Waals surface area contributed by atoms with Crippen molar-refractivity contribution < 1.29 is 19.1 Å². The van der Waals surface area contributed by atoms with E-state index in [9.17, 15) is 9.59 Å². The Morgan fingerprint density at radius 2 is 1.71 bits per heavy atom. The van der Waals surface area contributed by atoms with Crippen molar-refractivity contribution in [1.82, 2.24) is 4.90 Å². The van der Waals surface area contributed by atoms with Crippen LogP contribution in [-0.2, 0) is 9.53 Å². The number of carbonyl (C=O) groups is 2. The summed E-state index contributed by atoms with van der Waals surface area (Å²) >= 11 is 0. The number of fused-ring (bicyclic) bond motifs is 1. The summed E-state index contributed by atoms with van der Waals surface area (Å²) in [6.45, 7) is 1.43. The Balaban J connectivity index is 1.68. The van der Waals surface area contributed by atoms with Crippen molar-refractivity contribution in [3.05, 3.63) is 89.5 Å². The van der Waals surface area contributed by atoms with Crippen LogP contribution in [0.25, 0.3) is 11.3 Å². The first-order chi connectivity index (χ1) is 16.5. The maximum absolute atomic E-state index is 13.1. The van der Waals surface area contributed by atoms with Crippen molar-refractivity contribution >= 4 is 34.5 Å². The van der Waals surface area contributed by atoms with Gasteiger partial charge >= 0.3 is 5.97 Å². The smallest absolute Gasteiger partial charge is 0.337 e. The molecule has 0 unspecified atom stereocenters. The van der Waals surface area contributed by atoms with E-state index < -0.39 is 5.97 Å². The number of ether oxygens (including phenoxy) is 2. The molecule has 1 amide bonds. The fourth-order valence-corrected chi connectivity index (χ4v) is 3.67. The second-order valence-electron chi connectivity index (χ2n) is 8.12. The van der Waals surface area contributed by atoms with E-state index >= 15 is 0 Å². The molecule has 4 rings (SSSR count). The normalized spacial score (nSPS) is 13.8. The van der Waals surface area contributed by atoms with E-state index in [1.54, 1.807) is 18.2 Å². The molecule has 0 bridgehead atoms. The third kappa shape index (κ3) is 5.10. The topological polar surface area (TPSA) is 79.9 Å². The van der Waals surface area contributed by atoms with Crippen LogP contribution in [0.3, 0.4) is 0 Å². The minimum absolute atomic E-state index is 0.244. The van der Waals surface area contributed by atoms with Gasteiger partial charge in [0.05, 0.1) is 29.6 Å². The molecule has 0 saturated carbocycles. The highest BCUT2D eigenvalue weighted by Gasteiger charge is 2.29. The maximum atomic E-state index is 13.1. The number of likely N-dealkylation sites (N-methyl/N-ethyl adjacent to an activating group) is 1. The molecular weight excluding hydrogens is 430 g/mol. The van der Waals surface area contributed by atoms with Gasteiger partial charge in [-0.15, -0.1) is 0 Å². The summed E-state index contributed by atoms with van der Waals surface area (Å²) in [7, 11) is 5.33. The molecule has 0 radical (unpaired) electrons. The molecule has 174 valence electrons. The van der Waals surface area contributed by atoms with Gasteiger partial charge < -0.3 is 25.0 Å². The molecule has 34 heavy (non-hydrogen) atoms. The van der Waals surface area contributed by atoms with Crippen molar-refractivity contribution in [2.45, 2.75) is 0 Å². The van der Waals surface area contributed by atoms with Crippen LogP contribution in [0.15, 0.2) is 72.8 Å². The van der Waals surface area contributed by atoms with Gasteiger partial charge in [-0.2, -0.15) is 0 Å². The maximum Gasteiger partial charge on any atom is 0.337 e. The SMILES string of the molecule is COC(=O)c1ccc2c(c1)NC(=O)C2=C(Nc1ccc(OCCN(C)C)cc1)c1ccccc1. The Bertz CT molecular complexity index is 1220. The van der Waals surface area contributed by atoms with E-state index in [-0.39, 0.29) is 5.91 Å². The van der Waals surface area contributed by atoms with Gasteiger partial charge in [-0.25, -0.2) is 4.79 Å². The molecule has 0 saturated heterocycles. The molecule has 7 nitrogen and oxygen atoms in total. The first-order valence-electron chi connectivity index (χ1n) is 10.9. The average Bonchev–Trinajstić information content (AvgIpc) is 3.18. The number of benzene rings is 3. The molecule has 7 heteroatoms. The number of amides is 1. The Labute approximate surface area is 199 Å². The van der Waals surface area contributed by atoms with E-state index in [2.05, 4.69) is 15.5 Å². The zero-order valence-electron chi connectivity index (χ0n) is 19.4. The van der Waals surface area contributed by atoms with Crippen molar-refractivity contribution in [2.24, 2.45) is 0 Å². The van der Waals surface area contributed by atoms with Crippen molar-refractivity contribution in [3.8, 4) is 5.75 Å². The molecule has 2 N–H and O–H groups in total. The third-order valence-electron chi connectivity index (χ3n) is 5.43. The van der Waals surface area contributed by atoms with Crippen molar-refractivity contribution in [1.29, 1.82) is 0 Å². The van der Waals surface area contributed by atoms with Crippen LogP contribution >= 0.6 is 0 Å². The molecule has 0 spiro atoms. The highest BCUT2D eigenvalue weighted by molar-refractivity contribution is 6.37. The third-order valence-corrected chi connectivity index (χ3v) is 5.43. The molecular formula is C27H27N3O4. The predicted octanol–water partition coefficient (Wildman–Crippen LogP) is 4.35. The number of rotatable bonds is 8. The molecule has 3 aromatic rings. The molecule has 0 aromatic heterocycles. The molecule has 1 aliphatic heterocycles. The van der Waals surface area contributed by atoms with Gasteiger partial charge in [0.2, 0.25) is 0 Å². The first-order valence-corrected chi connectivity index (χ1v) is 10.9. The van der Waals surface area contributed by atoms with Gasteiger partial charge in [0.1, 0.15) is 12.4 Å². The Kier molecular flexibility index (Phi) is 6.94. The lowest BCUT2D eigenvalue weighted by Crippen LogP contribution is -2.19. The predicted molar refractivity (Wildman–Crippen MR) is 134 cm³/mol. The number of hydrogen-bond acceptors (Lipinski definition) is 6. The monoisotopic (exact) mass is 457 g/mol. The molecule has 1 aliphatic rings. The van der Waals surface area contributed by atoms with Gasteiger partial charge in [0.15, 0.2) is 0 Å². The van der Waals surface area contributed by atoms with Crippen LogP contribution < -0.4 is 15.4 Å². The van der Waals surface area contributed by atoms with E-state index in [1.165, 1.54) is 7.11 Å². The number of nitrogens with zero attached hydrogens (tertiary/aromatic N) is 1. The second-order valence-corrected chi connectivity index (χ2v) is 8.12. The molecule has 0 fully saturated rings. The Hall–Kier alpha value is -4.10. The minimum Gasteiger partial charge on any atom is -0.492 e. The van der Waals surface area contributed by atoms with Gasteiger partial charge in [0.25, 0.3) is 5.91 Å². The van der Waals surface area contributed by atoms with Crippen molar-refractivity contribution in [2.75, 3.05) is 45.0 Å². The zero-order chi connectivity index (χ0) is 24.1. The summed E-state index contributed by atoms with van der Waals surface area (Å²) in [5, 5.41) is 6.30. The lowest BCUT2D eigenvalue weighted by atomic mass is 9.99. The van der Waals surface area contributed by atoms with Crippen LogP contribution in [0.2, 0.25) is 0 Å². The second kappa shape index (κ2) is 10.2. The van der Waals surface area contributed by atoms with Crippen molar-refractivity contribution in [3.63, 3.8) is 0 Å². The number of carbonyl (C=O) groups excluding carboxylic acids is 2. The van der Waals surface area contributed by atoms with Gasteiger partial charge in [-0.1, -0.05) is 36.4 Å². The highest BCUT2D eigenvalue weighted by Crippen LogP contribution is 2.38. The summed E-state index contributed by atoms with van der Waals surface area (Å²) < 4.78 is 10.6. The summed E-state index contributed by atoms with van der Waals surface area (Å²) in [6.07, 6.45) is 0. The van der Waals surface area contributed by atoms with Crippen LogP contribution in [0.4, 0.5) is 11.4 Å². The van der Waals surface area contributed by atoms with Crippen LogP contribution in [-0.4, -0.2) is 51.1 Å². The van der Waals surface area contributed by atoms with E-state index in [0.717, 1.165) is 23.5 Å². The molecule has 0 atom stereocenters. The number of esters is 1. The van der Waals surface area contributed by atoms with Gasteiger partial charge in [-0.05, 0) is 56.1 Å². The van der Waals surface area contributed by atoms with Crippen LogP contribution in [0, 0.1) is 0 Å². The average molecular weight is 458 g/mol. The molecule has 3 aromatic carbocycles. The summed E-state index contributed by atoms with van der Waals surface area (Å²) in [6, 6.07) is 22.4. The zero-order valence-corrected chi connectivity index (χ0v) is 19.4. The van der Waals surface area contributed by atoms with Crippen LogP contribution in [0.1, 0.15) is 21.5 Å². The molecule has 0 aliphatic carbocycles. The standard InChI is InChI=1S/C27H27N3O4/c1-30(2)15-16-34-21-12-10-20(11-13-21)28-25(18-7-5-4-6-8-18)24-22-14-9-19(27(32)33-3)17-23(22)29-26(24)31/h4-14,17,28H,15-16H2,1-3H3,(H,29,31). The van der Waals surface area contributed by atoms with E-state index in [0.29, 0.717) is 34.7 Å². The lowest BCUT2D eigenvalue weighted by molar-refractivity contribution is -0.110. The van der Waals surface area contributed by atoms with Gasteiger partial charge in [-0.3, -0.25) is 4.79 Å². The fourth-order valence-electron chi connectivity index (χ4n) is 3.67. The quantitative estimate of drug-likeness (QED) is 0.387. The molecule has 1 heterocycles. The number of anilines is 2. The van der Waals surface area contributed by atoms with Crippen LogP contribution in [0.5, 0.6) is 5.75 Å². The minimum atomic E-state index is -0.455. The van der Waals surface area contributed by atoms with E-state index in [1.807, 2.05) is 68.7 Å². The largest absolute Gasteiger partial charge is 0.492 e. The summed E-state index contributed by atoms with van der Waals surface area (Å²) in [5.41, 5.74) is 4.52. The highest BCUT2D eigenvalue weighted by atomic mass is 16.5. The Morgan fingerprint density at radius 3 is 2.38 bits per heavy atom. The Morgan fingerprint density at radius 1 is 0.971 bits per heavy atom. The summed E-state index contributed by atoms with van der Waals surface area (Å²) in [4.78, 5) is 27.1. The fraction of sp³-hybridized carbons (Fsp3) is 0.185. The van der Waals surface area contributed by atoms with E-state index in [4.69, 9.17) is 9.47 Å². The first kappa shape index (κ1) is 23.1. The number of methoxy groups -OCH3 is 1. The number of hydrogen-bond donors (Lipinski definition) is 2. The lowest BCUT2D eigenvalue weighted by Gasteiger charge is -2.16. The number of nitrogens with one attached hydrogen (secondary N) is 2.